The van der Waals surface area contributed by atoms with Crippen LogP contribution < -0.4 is 0 Å². The zero-order chi connectivity index (χ0) is 17.5. The molecule has 2 rings (SSSR count). The molecule has 0 N–H and O–H groups in total. The molecule has 0 aliphatic heterocycles. The molecule has 0 saturated carbocycles. The topological polar surface area (TPSA) is 55.2 Å². The van der Waals surface area contributed by atoms with Gasteiger partial charge < -0.3 is 0 Å². The third-order valence-corrected chi connectivity index (χ3v) is 6.42. The molecule has 5 nitrogen and oxygen atoms in total. The number of aryl methyl sites for hydroxylation is 5. The van der Waals surface area contributed by atoms with Crippen molar-refractivity contribution in [2.45, 2.75) is 46.1 Å². The molecule has 0 aliphatic rings. The molecule has 126 valence electrons. The molecule has 0 atom stereocenters. The van der Waals surface area contributed by atoms with Gasteiger partial charge in [-0.15, -0.1) is 0 Å². The van der Waals surface area contributed by atoms with Crippen molar-refractivity contribution in [2.24, 2.45) is 7.05 Å². The molecule has 0 bridgehead atoms. The molecule has 0 amide bonds. The number of hydrogen-bond acceptors (Lipinski definition) is 3. The van der Waals surface area contributed by atoms with E-state index >= 15 is 0 Å². The van der Waals surface area contributed by atoms with Gasteiger partial charge in [0.15, 0.2) is 0 Å². The number of rotatable bonds is 4. The van der Waals surface area contributed by atoms with Gasteiger partial charge in [-0.1, -0.05) is 17.7 Å². The van der Waals surface area contributed by atoms with Crippen molar-refractivity contribution in [1.29, 1.82) is 0 Å². The van der Waals surface area contributed by atoms with Crippen molar-refractivity contribution < 1.29 is 8.42 Å². The molecule has 0 unspecified atom stereocenters. The van der Waals surface area contributed by atoms with Gasteiger partial charge in [0.05, 0.1) is 10.6 Å². The highest BCUT2D eigenvalue weighted by atomic mass is 32.2. The second-order valence-corrected chi connectivity index (χ2v) is 8.24. The summed E-state index contributed by atoms with van der Waals surface area (Å²) in [6.45, 7) is 9.86. The van der Waals surface area contributed by atoms with Gasteiger partial charge in [0.2, 0.25) is 10.0 Å². The van der Waals surface area contributed by atoms with Crippen LogP contribution in [0.5, 0.6) is 0 Å². The maximum absolute atomic E-state index is 13.0. The van der Waals surface area contributed by atoms with Crippen LogP contribution >= 0.6 is 0 Å². The van der Waals surface area contributed by atoms with E-state index in [0.717, 1.165) is 33.6 Å². The molecule has 0 saturated heterocycles. The number of nitrogens with zero attached hydrogens (tertiary/aromatic N) is 3. The van der Waals surface area contributed by atoms with E-state index in [1.165, 1.54) is 4.31 Å². The molecule has 23 heavy (non-hydrogen) atoms. The fourth-order valence-electron chi connectivity index (χ4n) is 3.08. The quantitative estimate of drug-likeness (QED) is 0.863. The van der Waals surface area contributed by atoms with Crippen LogP contribution in [0.1, 0.15) is 33.6 Å². The van der Waals surface area contributed by atoms with E-state index in [-0.39, 0.29) is 0 Å². The molecular weight excluding hydrogens is 310 g/mol. The predicted molar refractivity (Wildman–Crippen MR) is 92.0 cm³/mol. The molecule has 0 spiro atoms. The number of sulfonamides is 1. The van der Waals surface area contributed by atoms with E-state index in [2.05, 4.69) is 5.10 Å². The SMILES string of the molecule is Cc1cc(C)c(S(=O)(=O)N(C)Cc2c(C)nn(C)c2C)c(C)c1. The zero-order valence-electron chi connectivity index (χ0n) is 14.9. The third kappa shape index (κ3) is 3.19. The summed E-state index contributed by atoms with van der Waals surface area (Å²) in [5.41, 5.74) is 5.45. The highest BCUT2D eigenvalue weighted by Gasteiger charge is 2.26. The number of hydrogen-bond donors (Lipinski definition) is 0. The summed E-state index contributed by atoms with van der Waals surface area (Å²) in [4.78, 5) is 0.407. The Hall–Kier alpha value is -1.66. The Morgan fingerprint density at radius 2 is 1.61 bits per heavy atom. The largest absolute Gasteiger partial charge is 0.272 e. The van der Waals surface area contributed by atoms with Crippen molar-refractivity contribution in [3.63, 3.8) is 0 Å². The van der Waals surface area contributed by atoms with Crippen LogP contribution in [0.2, 0.25) is 0 Å². The van der Waals surface area contributed by atoms with Gasteiger partial charge in [0.1, 0.15) is 0 Å². The molecule has 0 aliphatic carbocycles. The summed E-state index contributed by atoms with van der Waals surface area (Å²) < 4.78 is 29.2. The monoisotopic (exact) mass is 335 g/mol. The Labute approximate surface area is 139 Å². The lowest BCUT2D eigenvalue weighted by Crippen LogP contribution is -2.28. The Bertz CT molecular complexity index is 828. The van der Waals surface area contributed by atoms with Gasteiger partial charge in [0, 0.05) is 31.9 Å². The molecule has 0 radical (unpaired) electrons. The van der Waals surface area contributed by atoms with Crippen LogP contribution in [-0.2, 0) is 23.6 Å². The van der Waals surface area contributed by atoms with Crippen molar-refractivity contribution >= 4 is 10.0 Å². The first kappa shape index (κ1) is 17.7. The highest BCUT2D eigenvalue weighted by Crippen LogP contribution is 2.26. The van der Waals surface area contributed by atoms with Crippen molar-refractivity contribution in [1.82, 2.24) is 14.1 Å². The average molecular weight is 335 g/mol. The van der Waals surface area contributed by atoms with Crippen molar-refractivity contribution in [3.8, 4) is 0 Å². The van der Waals surface area contributed by atoms with Gasteiger partial charge in [0.25, 0.3) is 0 Å². The lowest BCUT2D eigenvalue weighted by molar-refractivity contribution is 0.464. The summed E-state index contributed by atoms with van der Waals surface area (Å²) in [6, 6.07) is 3.82. The maximum Gasteiger partial charge on any atom is 0.243 e. The molecule has 2 aromatic rings. The molecular formula is C17H25N3O2S. The minimum Gasteiger partial charge on any atom is -0.272 e. The molecule has 0 fully saturated rings. The Balaban J connectivity index is 2.44. The van der Waals surface area contributed by atoms with Crippen LogP contribution in [0.25, 0.3) is 0 Å². The first-order valence-electron chi connectivity index (χ1n) is 7.59. The molecule has 6 heteroatoms. The van der Waals surface area contributed by atoms with Gasteiger partial charge in [-0.25, -0.2) is 8.42 Å². The zero-order valence-corrected chi connectivity index (χ0v) is 15.7. The minimum absolute atomic E-state index is 0.320. The first-order chi connectivity index (χ1) is 10.6. The van der Waals surface area contributed by atoms with Gasteiger partial charge in [-0.2, -0.15) is 9.40 Å². The third-order valence-electron chi connectivity index (χ3n) is 4.31. The first-order valence-corrected chi connectivity index (χ1v) is 9.03. The average Bonchev–Trinajstić information content (AvgIpc) is 2.63. The predicted octanol–water partition coefficient (Wildman–Crippen LogP) is 2.78. The maximum atomic E-state index is 13.0. The standard InChI is InChI=1S/C17H25N3O2S/c1-11-8-12(2)17(13(3)9-11)23(21,22)19(6)10-16-14(4)18-20(7)15(16)5/h8-9H,10H2,1-7H3. The van der Waals surface area contributed by atoms with E-state index in [9.17, 15) is 8.42 Å². The number of aromatic nitrogens is 2. The van der Waals surface area contributed by atoms with Crippen molar-refractivity contribution in [3.05, 3.63) is 45.8 Å². The Kier molecular flexibility index (Phi) is 4.69. The van der Waals surface area contributed by atoms with Gasteiger partial charge in [-0.05, 0) is 45.7 Å². The Morgan fingerprint density at radius 1 is 1.09 bits per heavy atom. The number of benzene rings is 1. The molecule has 1 heterocycles. The molecule has 1 aromatic heterocycles. The van der Waals surface area contributed by atoms with E-state index in [1.807, 2.05) is 53.8 Å². The van der Waals surface area contributed by atoms with Crippen molar-refractivity contribution in [2.75, 3.05) is 7.05 Å². The van der Waals surface area contributed by atoms with E-state index in [0.29, 0.717) is 11.4 Å². The van der Waals surface area contributed by atoms with Crippen LogP contribution in [0, 0.1) is 34.6 Å². The lowest BCUT2D eigenvalue weighted by Gasteiger charge is -2.20. The van der Waals surface area contributed by atoms with Crippen LogP contribution in [0.4, 0.5) is 0 Å². The van der Waals surface area contributed by atoms with Gasteiger partial charge in [-0.3, -0.25) is 4.68 Å². The van der Waals surface area contributed by atoms with Gasteiger partial charge >= 0.3 is 0 Å². The summed E-state index contributed by atoms with van der Waals surface area (Å²) in [7, 11) is -0.0486. The van der Waals surface area contributed by atoms with Crippen LogP contribution in [0.3, 0.4) is 0 Å². The van der Waals surface area contributed by atoms with E-state index < -0.39 is 10.0 Å². The lowest BCUT2D eigenvalue weighted by atomic mass is 10.1. The second kappa shape index (κ2) is 6.09. The second-order valence-electron chi connectivity index (χ2n) is 6.26. The van der Waals surface area contributed by atoms with E-state index in [4.69, 9.17) is 0 Å². The fraction of sp³-hybridized carbons (Fsp3) is 0.471. The normalized spacial score (nSPS) is 12.2. The molecule has 1 aromatic carbocycles. The van der Waals surface area contributed by atoms with E-state index in [1.54, 1.807) is 11.7 Å². The summed E-state index contributed by atoms with van der Waals surface area (Å²) in [5.74, 6) is 0. The summed E-state index contributed by atoms with van der Waals surface area (Å²) in [6.07, 6.45) is 0. The summed E-state index contributed by atoms with van der Waals surface area (Å²) >= 11 is 0. The van der Waals surface area contributed by atoms with Crippen LogP contribution in [-0.4, -0.2) is 29.6 Å². The fourth-order valence-corrected chi connectivity index (χ4v) is 4.63. The smallest absolute Gasteiger partial charge is 0.243 e. The summed E-state index contributed by atoms with van der Waals surface area (Å²) in [5, 5.41) is 4.36. The highest BCUT2D eigenvalue weighted by molar-refractivity contribution is 7.89. The minimum atomic E-state index is -3.54. The Morgan fingerprint density at radius 3 is 2.04 bits per heavy atom. The van der Waals surface area contributed by atoms with Crippen LogP contribution in [0.15, 0.2) is 17.0 Å².